The fourth-order valence-electron chi connectivity index (χ4n) is 3.28. The smallest absolute Gasteiger partial charge is 0.119 e. The molecule has 1 aromatic carbocycles. The van der Waals surface area contributed by atoms with Crippen LogP contribution in [0.5, 0.6) is 5.75 Å². The minimum atomic E-state index is -0.571. The molecule has 0 spiro atoms. The molecule has 5 nitrogen and oxygen atoms in total. The molecule has 6 heteroatoms. The molecule has 1 unspecified atom stereocenters. The lowest BCUT2D eigenvalue weighted by atomic mass is 9.94. The van der Waals surface area contributed by atoms with Crippen LogP contribution in [0.2, 0.25) is 0 Å². The maximum absolute atomic E-state index is 10.6. The highest BCUT2D eigenvalue weighted by Gasteiger charge is 2.25. The Kier molecular flexibility index (Phi) is 6.87. The van der Waals surface area contributed by atoms with Crippen molar-refractivity contribution in [2.75, 3.05) is 13.7 Å². The molecule has 0 radical (unpaired) electrons. The van der Waals surface area contributed by atoms with Crippen LogP contribution >= 0.6 is 12.4 Å². The Bertz CT molecular complexity index is 683. The Hall–Kier alpha value is -1.56. The lowest BCUT2D eigenvalue weighted by Crippen LogP contribution is -2.28. The molecule has 1 aliphatic rings. The first-order chi connectivity index (χ1) is 11.6. The van der Waals surface area contributed by atoms with Crippen molar-refractivity contribution in [1.82, 2.24) is 15.1 Å². The predicted octanol–water partition coefficient (Wildman–Crippen LogP) is 3.21. The van der Waals surface area contributed by atoms with Crippen LogP contribution in [0.1, 0.15) is 49.7 Å². The average molecular weight is 366 g/mol. The number of hydrogen-bond donors (Lipinski definition) is 2. The molecule has 1 aliphatic carbocycles. The predicted molar refractivity (Wildman–Crippen MR) is 102 cm³/mol. The van der Waals surface area contributed by atoms with Gasteiger partial charge >= 0.3 is 0 Å². The summed E-state index contributed by atoms with van der Waals surface area (Å²) in [5.74, 6) is 0.834. The van der Waals surface area contributed by atoms with Gasteiger partial charge in [-0.2, -0.15) is 5.10 Å². The van der Waals surface area contributed by atoms with Crippen LogP contribution < -0.4 is 10.1 Å². The van der Waals surface area contributed by atoms with Crippen LogP contribution in [0.25, 0.3) is 5.69 Å². The molecule has 3 rings (SSSR count). The summed E-state index contributed by atoms with van der Waals surface area (Å²) in [5.41, 5.74) is 4.32. The topological polar surface area (TPSA) is 59.3 Å². The minimum Gasteiger partial charge on any atom is -0.497 e. The van der Waals surface area contributed by atoms with Crippen molar-refractivity contribution in [3.8, 4) is 11.4 Å². The largest absolute Gasteiger partial charge is 0.497 e. The third kappa shape index (κ3) is 4.35. The molecule has 2 aromatic rings. The molecule has 2 N–H and O–H groups in total. The Morgan fingerprint density at radius 3 is 2.52 bits per heavy atom. The first-order valence-electron chi connectivity index (χ1n) is 8.76. The van der Waals surface area contributed by atoms with Crippen molar-refractivity contribution >= 4 is 12.4 Å². The van der Waals surface area contributed by atoms with Gasteiger partial charge in [-0.3, -0.25) is 0 Å². The van der Waals surface area contributed by atoms with Gasteiger partial charge in [0.15, 0.2) is 0 Å². The first kappa shape index (κ1) is 19.8. The number of nitrogens with one attached hydrogen (secondary N) is 1. The van der Waals surface area contributed by atoms with Gasteiger partial charge in [-0.1, -0.05) is 13.8 Å². The van der Waals surface area contributed by atoms with E-state index in [-0.39, 0.29) is 12.4 Å². The summed E-state index contributed by atoms with van der Waals surface area (Å²) < 4.78 is 7.24. The number of aromatic nitrogens is 2. The Labute approximate surface area is 155 Å². The standard InChI is InChI=1S/C19H27N3O2.ClH/c1-13(2)20-12-18(23)19-16-6-4-5-7-17(16)22(21-19)14-8-10-15(24-3)11-9-14;/h8-11,13,18,20,23H,4-7,12H2,1-3H3;1H. The number of fused-ring (bicyclic) bond motifs is 1. The van der Waals surface area contributed by atoms with Gasteiger partial charge in [-0.15, -0.1) is 12.4 Å². The molecule has 1 aromatic heterocycles. The van der Waals surface area contributed by atoms with Crippen LogP contribution in [-0.4, -0.2) is 34.6 Å². The number of nitrogens with zero attached hydrogens (tertiary/aromatic N) is 2. The molecule has 0 saturated carbocycles. The second-order valence-corrected chi connectivity index (χ2v) is 6.71. The lowest BCUT2D eigenvalue weighted by molar-refractivity contribution is 0.165. The van der Waals surface area contributed by atoms with Crippen molar-refractivity contribution in [1.29, 1.82) is 0 Å². The van der Waals surface area contributed by atoms with Crippen molar-refractivity contribution in [2.24, 2.45) is 0 Å². The van der Waals surface area contributed by atoms with Gasteiger partial charge in [0.25, 0.3) is 0 Å². The zero-order valence-corrected chi connectivity index (χ0v) is 16.0. The first-order valence-corrected chi connectivity index (χ1v) is 8.76. The number of rotatable bonds is 6. The zero-order chi connectivity index (χ0) is 17.1. The molecule has 0 saturated heterocycles. The van der Waals surface area contributed by atoms with E-state index in [9.17, 15) is 5.11 Å². The number of halogens is 1. The third-order valence-corrected chi connectivity index (χ3v) is 4.56. The Morgan fingerprint density at radius 2 is 1.88 bits per heavy atom. The molecular formula is C19H28ClN3O2. The van der Waals surface area contributed by atoms with E-state index in [0.717, 1.165) is 30.0 Å². The number of ether oxygens (including phenoxy) is 1. The van der Waals surface area contributed by atoms with E-state index >= 15 is 0 Å². The molecule has 0 aliphatic heterocycles. The van der Waals surface area contributed by atoms with Crippen molar-refractivity contribution in [3.63, 3.8) is 0 Å². The van der Waals surface area contributed by atoms with E-state index < -0.39 is 6.10 Å². The minimum absolute atomic E-state index is 0. The van der Waals surface area contributed by atoms with E-state index in [1.54, 1.807) is 7.11 Å². The third-order valence-electron chi connectivity index (χ3n) is 4.56. The van der Waals surface area contributed by atoms with Gasteiger partial charge in [0.2, 0.25) is 0 Å². The quantitative estimate of drug-likeness (QED) is 0.825. The van der Waals surface area contributed by atoms with Gasteiger partial charge in [0, 0.05) is 18.3 Å². The molecule has 138 valence electrons. The number of benzene rings is 1. The zero-order valence-electron chi connectivity index (χ0n) is 15.2. The number of aliphatic hydroxyl groups excluding tert-OH is 1. The summed E-state index contributed by atoms with van der Waals surface area (Å²) in [6.07, 6.45) is 3.78. The molecule has 25 heavy (non-hydrogen) atoms. The number of methoxy groups -OCH3 is 1. The van der Waals surface area contributed by atoms with Gasteiger partial charge in [-0.25, -0.2) is 4.68 Å². The van der Waals surface area contributed by atoms with Gasteiger partial charge in [-0.05, 0) is 55.5 Å². The van der Waals surface area contributed by atoms with Crippen LogP contribution in [0, 0.1) is 0 Å². The van der Waals surface area contributed by atoms with Crippen LogP contribution in [0.3, 0.4) is 0 Å². The summed E-state index contributed by atoms with van der Waals surface area (Å²) in [7, 11) is 1.67. The van der Waals surface area contributed by atoms with Gasteiger partial charge in [0.1, 0.15) is 11.9 Å². The van der Waals surface area contributed by atoms with E-state index in [2.05, 4.69) is 19.2 Å². The molecule has 1 heterocycles. The van der Waals surface area contributed by atoms with Crippen LogP contribution in [0.4, 0.5) is 0 Å². The average Bonchev–Trinajstić information content (AvgIpc) is 2.99. The van der Waals surface area contributed by atoms with Crippen molar-refractivity contribution in [3.05, 3.63) is 41.2 Å². The Balaban J connectivity index is 0.00000225. The molecule has 1 atom stereocenters. The molecular weight excluding hydrogens is 338 g/mol. The summed E-state index contributed by atoms with van der Waals surface area (Å²) in [4.78, 5) is 0. The number of hydrogen-bond acceptors (Lipinski definition) is 4. The molecule has 0 bridgehead atoms. The van der Waals surface area contributed by atoms with E-state index in [4.69, 9.17) is 9.84 Å². The molecule has 0 fully saturated rings. The van der Waals surface area contributed by atoms with Crippen molar-refractivity contribution < 1.29 is 9.84 Å². The highest BCUT2D eigenvalue weighted by Crippen LogP contribution is 2.30. The van der Waals surface area contributed by atoms with Crippen LogP contribution in [0.15, 0.2) is 24.3 Å². The fourth-order valence-corrected chi connectivity index (χ4v) is 3.28. The highest BCUT2D eigenvalue weighted by molar-refractivity contribution is 5.85. The SMILES string of the molecule is COc1ccc(-n2nc(C(O)CNC(C)C)c3c2CCCC3)cc1.Cl. The monoisotopic (exact) mass is 365 g/mol. The van der Waals surface area contributed by atoms with Crippen molar-refractivity contribution in [2.45, 2.75) is 51.7 Å². The highest BCUT2D eigenvalue weighted by atomic mass is 35.5. The van der Waals surface area contributed by atoms with E-state index in [0.29, 0.717) is 12.6 Å². The normalized spacial score (nSPS) is 14.8. The number of aliphatic hydroxyl groups is 1. The molecule has 0 amide bonds. The summed E-state index contributed by atoms with van der Waals surface area (Å²) >= 11 is 0. The Morgan fingerprint density at radius 1 is 1.20 bits per heavy atom. The fraction of sp³-hybridized carbons (Fsp3) is 0.526. The van der Waals surface area contributed by atoms with Gasteiger partial charge < -0.3 is 15.2 Å². The van der Waals surface area contributed by atoms with Gasteiger partial charge in [0.05, 0.1) is 18.5 Å². The maximum atomic E-state index is 10.6. The maximum Gasteiger partial charge on any atom is 0.119 e. The van der Waals surface area contributed by atoms with E-state index in [1.807, 2.05) is 28.9 Å². The van der Waals surface area contributed by atoms with E-state index in [1.165, 1.54) is 24.1 Å². The van der Waals surface area contributed by atoms with Crippen LogP contribution in [-0.2, 0) is 12.8 Å². The summed E-state index contributed by atoms with van der Waals surface area (Å²) in [6, 6.07) is 8.27. The lowest BCUT2D eigenvalue weighted by Gasteiger charge is -2.16. The second-order valence-electron chi connectivity index (χ2n) is 6.71. The second kappa shape index (κ2) is 8.70. The summed E-state index contributed by atoms with van der Waals surface area (Å²) in [6.45, 7) is 4.69. The summed E-state index contributed by atoms with van der Waals surface area (Å²) in [5, 5.41) is 18.7.